The Kier molecular flexibility index (Phi) is 9.87. The van der Waals surface area contributed by atoms with Gasteiger partial charge in [-0.3, -0.25) is 14.6 Å². The first-order valence-electron chi connectivity index (χ1n) is 10.7. The van der Waals surface area contributed by atoms with Crippen LogP contribution in [0.4, 0.5) is 5.69 Å². The molecule has 1 aromatic carbocycles. The molecule has 0 radical (unpaired) electrons. The number of aliphatic imine (C=N–C) groups is 1. The third-order valence-corrected chi connectivity index (χ3v) is 5.80. The van der Waals surface area contributed by atoms with E-state index in [0.717, 1.165) is 37.9 Å². The number of aryl methyl sites for hydroxylation is 1. The summed E-state index contributed by atoms with van der Waals surface area (Å²) in [7, 11) is 1.69. The highest BCUT2D eigenvalue weighted by atomic mass is 127. The maximum absolute atomic E-state index is 12.6. The lowest BCUT2D eigenvalue weighted by Crippen LogP contribution is -2.47. The predicted molar refractivity (Wildman–Crippen MR) is 131 cm³/mol. The van der Waals surface area contributed by atoms with E-state index in [4.69, 9.17) is 0 Å². The first-order chi connectivity index (χ1) is 14.1. The maximum Gasteiger partial charge on any atom is 0.243 e. The molecule has 1 aliphatic carbocycles. The number of nitrogens with one attached hydrogen (secondary N) is 3. The smallest absolute Gasteiger partial charge is 0.243 e. The molecule has 1 saturated heterocycles. The van der Waals surface area contributed by atoms with Crippen LogP contribution in [0.25, 0.3) is 0 Å². The number of likely N-dealkylation sites (tertiary alicyclic amines) is 1. The largest absolute Gasteiger partial charge is 0.352 e. The number of rotatable bonds is 6. The number of carbonyl (C=O) groups is 2. The van der Waals surface area contributed by atoms with Gasteiger partial charge in [0.2, 0.25) is 11.8 Å². The van der Waals surface area contributed by atoms with E-state index in [1.54, 1.807) is 7.05 Å². The van der Waals surface area contributed by atoms with Gasteiger partial charge in [-0.05, 0) is 43.4 Å². The Morgan fingerprint density at radius 2 is 1.97 bits per heavy atom. The zero-order valence-corrected chi connectivity index (χ0v) is 20.3. The lowest BCUT2D eigenvalue weighted by Gasteiger charge is -2.21. The molecule has 2 aliphatic rings. The van der Waals surface area contributed by atoms with Gasteiger partial charge in [0, 0.05) is 37.8 Å². The second-order valence-corrected chi connectivity index (χ2v) is 7.92. The topological polar surface area (TPSA) is 85.8 Å². The van der Waals surface area contributed by atoms with Crippen molar-refractivity contribution >= 4 is 47.4 Å². The zero-order chi connectivity index (χ0) is 20.6. The fourth-order valence-corrected chi connectivity index (χ4v) is 4.14. The Labute approximate surface area is 196 Å². The van der Waals surface area contributed by atoms with E-state index in [-0.39, 0.29) is 48.4 Å². The van der Waals surface area contributed by atoms with Crippen LogP contribution in [0, 0.1) is 5.92 Å². The van der Waals surface area contributed by atoms with Gasteiger partial charge in [-0.15, -0.1) is 24.0 Å². The van der Waals surface area contributed by atoms with E-state index in [9.17, 15) is 9.59 Å². The van der Waals surface area contributed by atoms with Gasteiger partial charge < -0.3 is 20.9 Å². The number of halogens is 1. The highest BCUT2D eigenvalue weighted by Crippen LogP contribution is 2.27. The van der Waals surface area contributed by atoms with E-state index in [1.807, 2.05) is 29.2 Å². The number of benzene rings is 1. The summed E-state index contributed by atoms with van der Waals surface area (Å²) in [6.45, 7) is 3.71. The lowest BCUT2D eigenvalue weighted by molar-refractivity contribution is -0.134. The standard InChI is InChI=1S/C22H33N5O2.HI/c1-3-16-7-6-10-18(13-16)25-20(28)14-24-22(23-2)26-19-11-12-27(15-19)21(29)17-8-4-5-9-17;/h6-7,10,13,17,19H,3-5,8-9,11-12,14-15H2,1-2H3,(H,25,28)(H2,23,24,26);1H. The molecule has 3 rings (SSSR count). The molecular formula is C22H34IN5O2. The minimum Gasteiger partial charge on any atom is -0.352 e. The van der Waals surface area contributed by atoms with Crippen molar-refractivity contribution in [1.82, 2.24) is 15.5 Å². The van der Waals surface area contributed by atoms with Crippen molar-refractivity contribution in [2.24, 2.45) is 10.9 Å². The molecule has 1 aliphatic heterocycles. The van der Waals surface area contributed by atoms with E-state index >= 15 is 0 Å². The molecule has 0 aromatic heterocycles. The van der Waals surface area contributed by atoms with Crippen molar-refractivity contribution in [2.45, 2.75) is 51.5 Å². The molecule has 166 valence electrons. The predicted octanol–water partition coefficient (Wildman–Crippen LogP) is 2.76. The van der Waals surface area contributed by atoms with Crippen molar-refractivity contribution < 1.29 is 9.59 Å². The number of guanidine groups is 1. The highest BCUT2D eigenvalue weighted by Gasteiger charge is 2.32. The van der Waals surface area contributed by atoms with Crippen molar-refractivity contribution in [2.75, 3.05) is 32.0 Å². The van der Waals surface area contributed by atoms with Crippen molar-refractivity contribution in [3.8, 4) is 0 Å². The summed E-state index contributed by atoms with van der Waals surface area (Å²) in [4.78, 5) is 31.0. The van der Waals surface area contributed by atoms with Crippen molar-refractivity contribution in [3.63, 3.8) is 0 Å². The fourth-order valence-electron chi connectivity index (χ4n) is 4.14. The molecule has 1 unspecified atom stereocenters. The minimum absolute atomic E-state index is 0. The van der Waals surface area contributed by atoms with Crippen LogP contribution in [0.3, 0.4) is 0 Å². The quantitative estimate of drug-likeness (QED) is 0.302. The first kappa shape index (κ1) is 24.4. The average molecular weight is 527 g/mol. The summed E-state index contributed by atoms with van der Waals surface area (Å²) < 4.78 is 0. The fraction of sp³-hybridized carbons (Fsp3) is 0.591. The number of hydrogen-bond donors (Lipinski definition) is 3. The molecule has 1 atom stereocenters. The number of hydrogen-bond acceptors (Lipinski definition) is 3. The maximum atomic E-state index is 12.6. The van der Waals surface area contributed by atoms with Gasteiger partial charge in [0.15, 0.2) is 5.96 Å². The van der Waals surface area contributed by atoms with Gasteiger partial charge in [0.05, 0.1) is 6.54 Å². The first-order valence-corrected chi connectivity index (χ1v) is 10.7. The van der Waals surface area contributed by atoms with Gasteiger partial charge in [-0.1, -0.05) is 31.9 Å². The molecule has 1 saturated carbocycles. The second kappa shape index (κ2) is 12.1. The zero-order valence-electron chi connectivity index (χ0n) is 17.9. The summed E-state index contributed by atoms with van der Waals surface area (Å²) in [5, 5.41) is 9.32. The van der Waals surface area contributed by atoms with Gasteiger partial charge >= 0.3 is 0 Å². The molecule has 1 heterocycles. The van der Waals surface area contributed by atoms with Crippen molar-refractivity contribution in [1.29, 1.82) is 0 Å². The van der Waals surface area contributed by atoms with Gasteiger partial charge in [-0.2, -0.15) is 0 Å². The summed E-state index contributed by atoms with van der Waals surface area (Å²) in [6, 6.07) is 8.03. The number of carbonyl (C=O) groups excluding carboxylic acids is 2. The minimum atomic E-state index is -0.120. The Morgan fingerprint density at radius 3 is 2.67 bits per heavy atom. The Morgan fingerprint density at radius 1 is 1.20 bits per heavy atom. The third kappa shape index (κ3) is 6.85. The molecule has 8 heteroatoms. The Balaban J connectivity index is 0.00000320. The number of amides is 2. The van der Waals surface area contributed by atoms with Crippen LogP contribution in [0.5, 0.6) is 0 Å². The van der Waals surface area contributed by atoms with Gasteiger partial charge in [-0.25, -0.2) is 0 Å². The summed E-state index contributed by atoms with van der Waals surface area (Å²) in [5.74, 6) is 0.998. The van der Waals surface area contributed by atoms with E-state index in [1.165, 1.54) is 18.4 Å². The number of nitrogens with zero attached hydrogens (tertiary/aromatic N) is 2. The Hall–Kier alpha value is -1.84. The normalized spacial score (nSPS) is 19.3. The van der Waals surface area contributed by atoms with Crippen LogP contribution in [0.1, 0.15) is 44.6 Å². The third-order valence-electron chi connectivity index (χ3n) is 5.80. The molecule has 3 N–H and O–H groups in total. The molecule has 7 nitrogen and oxygen atoms in total. The van der Waals surface area contributed by atoms with Crippen molar-refractivity contribution in [3.05, 3.63) is 29.8 Å². The van der Waals surface area contributed by atoms with Gasteiger partial charge in [0.25, 0.3) is 0 Å². The molecule has 2 amide bonds. The molecule has 0 spiro atoms. The summed E-state index contributed by atoms with van der Waals surface area (Å²) in [6.07, 6.45) is 6.25. The molecule has 2 fully saturated rings. The van der Waals surface area contributed by atoms with Crippen LogP contribution >= 0.6 is 24.0 Å². The van der Waals surface area contributed by atoms with E-state index in [0.29, 0.717) is 18.4 Å². The SMILES string of the molecule is CCc1cccc(NC(=O)CNC(=NC)NC2CCN(C(=O)C3CCCC3)C2)c1.I. The van der Waals surface area contributed by atoms with E-state index in [2.05, 4.69) is 27.9 Å². The van der Waals surface area contributed by atoms with Crippen LogP contribution in [0.15, 0.2) is 29.3 Å². The average Bonchev–Trinajstić information content (AvgIpc) is 3.43. The molecular weight excluding hydrogens is 493 g/mol. The molecule has 0 bridgehead atoms. The Bertz CT molecular complexity index is 749. The summed E-state index contributed by atoms with van der Waals surface area (Å²) in [5.41, 5.74) is 1.99. The van der Waals surface area contributed by atoms with Crippen LogP contribution in [0.2, 0.25) is 0 Å². The number of anilines is 1. The van der Waals surface area contributed by atoms with Crippen LogP contribution in [-0.2, 0) is 16.0 Å². The monoisotopic (exact) mass is 527 g/mol. The molecule has 30 heavy (non-hydrogen) atoms. The lowest BCUT2D eigenvalue weighted by atomic mass is 10.1. The second-order valence-electron chi connectivity index (χ2n) is 7.92. The summed E-state index contributed by atoms with van der Waals surface area (Å²) >= 11 is 0. The van der Waals surface area contributed by atoms with Crippen LogP contribution < -0.4 is 16.0 Å². The van der Waals surface area contributed by atoms with Gasteiger partial charge in [0.1, 0.15) is 0 Å². The van der Waals surface area contributed by atoms with Crippen LogP contribution in [-0.4, -0.2) is 55.4 Å². The highest BCUT2D eigenvalue weighted by molar-refractivity contribution is 14.0. The van der Waals surface area contributed by atoms with E-state index < -0.39 is 0 Å². The molecule has 1 aromatic rings.